The van der Waals surface area contributed by atoms with E-state index in [4.69, 9.17) is 5.21 Å². The number of rotatable bonds is 0. The van der Waals surface area contributed by atoms with E-state index in [0.29, 0.717) is 6.54 Å². The molecule has 0 aromatic carbocycles. The smallest absolute Gasteiger partial charge is 0.116 e. The molecule has 0 atom stereocenters. The van der Waals surface area contributed by atoms with E-state index in [9.17, 15) is 0 Å². The molecule has 0 aliphatic carbocycles. The van der Waals surface area contributed by atoms with Crippen LogP contribution >= 0.6 is 12.6 Å². The molecule has 8 heavy (non-hydrogen) atoms. The number of aliphatic imine (C=N–C) groups is 1. The van der Waals surface area contributed by atoms with Crippen LogP contribution < -0.4 is 0 Å². The first-order valence-electron chi connectivity index (χ1n) is 2.16. The molecule has 4 heteroatoms. The lowest BCUT2D eigenvalue weighted by Gasteiger charge is -2.12. The molecule has 1 aliphatic rings. The van der Waals surface area contributed by atoms with Crippen molar-refractivity contribution < 1.29 is 5.21 Å². The van der Waals surface area contributed by atoms with Gasteiger partial charge in [0.25, 0.3) is 0 Å². The van der Waals surface area contributed by atoms with Gasteiger partial charge in [-0.15, -0.1) is 12.6 Å². The first kappa shape index (κ1) is 5.65. The van der Waals surface area contributed by atoms with Crippen molar-refractivity contribution in [2.45, 2.75) is 0 Å². The van der Waals surface area contributed by atoms with Gasteiger partial charge in [0.15, 0.2) is 0 Å². The maximum Gasteiger partial charge on any atom is 0.116 e. The lowest BCUT2D eigenvalue weighted by molar-refractivity contribution is 0.00154. The van der Waals surface area contributed by atoms with Gasteiger partial charge in [0.2, 0.25) is 0 Å². The SMILES string of the molecule is ON1C=NC=C(S)C1. The van der Waals surface area contributed by atoms with Crippen LogP contribution in [-0.2, 0) is 0 Å². The third-order valence-electron chi connectivity index (χ3n) is 0.748. The average molecular weight is 130 g/mol. The maximum absolute atomic E-state index is 8.67. The molecule has 0 aromatic rings. The van der Waals surface area contributed by atoms with Crippen LogP contribution in [0.15, 0.2) is 16.1 Å². The number of hydrogen-bond acceptors (Lipinski definition) is 4. The van der Waals surface area contributed by atoms with Crippen LogP contribution in [0.2, 0.25) is 0 Å². The second kappa shape index (κ2) is 2.19. The van der Waals surface area contributed by atoms with Crippen molar-refractivity contribution in [1.82, 2.24) is 5.06 Å². The molecule has 0 aromatic heterocycles. The molecule has 44 valence electrons. The first-order valence-corrected chi connectivity index (χ1v) is 2.60. The Bertz CT molecular complexity index is 143. The quantitative estimate of drug-likeness (QED) is 0.468. The number of thiol groups is 1. The number of hydrogen-bond donors (Lipinski definition) is 2. The van der Waals surface area contributed by atoms with Crippen molar-refractivity contribution in [1.29, 1.82) is 0 Å². The molecule has 0 saturated heterocycles. The fourth-order valence-electron chi connectivity index (χ4n) is 0.444. The van der Waals surface area contributed by atoms with Crippen LogP contribution in [0.5, 0.6) is 0 Å². The Morgan fingerprint density at radius 1 is 1.88 bits per heavy atom. The average Bonchev–Trinajstić information content (AvgIpc) is 1.64. The lowest BCUT2D eigenvalue weighted by atomic mass is 10.5. The van der Waals surface area contributed by atoms with E-state index >= 15 is 0 Å². The van der Waals surface area contributed by atoms with Gasteiger partial charge >= 0.3 is 0 Å². The molecule has 0 spiro atoms. The molecule has 0 unspecified atom stereocenters. The summed E-state index contributed by atoms with van der Waals surface area (Å²) in [7, 11) is 0. The fraction of sp³-hybridized carbons (Fsp3) is 0.250. The molecule has 0 amide bonds. The molecular weight excluding hydrogens is 124 g/mol. The Balaban J connectivity index is 2.59. The van der Waals surface area contributed by atoms with E-state index in [0.717, 1.165) is 9.97 Å². The summed E-state index contributed by atoms with van der Waals surface area (Å²) in [6.45, 7) is 0.437. The first-order chi connectivity index (χ1) is 3.79. The van der Waals surface area contributed by atoms with Crippen LogP contribution in [0, 0.1) is 0 Å². The second-order valence-electron chi connectivity index (χ2n) is 1.48. The standard InChI is InChI=1S/C4H6N2OS/c7-6-2-4(8)1-5-3-6/h1,3,7-8H,2H2. The number of hydroxylamine groups is 2. The Hall–Kier alpha value is -0.480. The Morgan fingerprint density at radius 3 is 3.00 bits per heavy atom. The summed E-state index contributed by atoms with van der Waals surface area (Å²) in [5.74, 6) is 0. The molecule has 0 bridgehead atoms. The zero-order valence-corrected chi connectivity index (χ0v) is 5.05. The van der Waals surface area contributed by atoms with Gasteiger partial charge in [-0.2, -0.15) is 0 Å². The van der Waals surface area contributed by atoms with Gasteiger partial charge in [0.05, 0.1) is 6.54 Å². The minimum atomic E-state index is 0.437. The van der Waals surface area contributed by atoms with Crippen LogP contribution in [0.25, 0.3) is 0 Å². The van der Waals surface area contributed by atoms with E-state index in [2.05, 4.69) is 17.6 Å². The maximum atomic E-state index is 8.67. The summed E-state index contributed by atoms with van der Waals surface area (Å²) < 4.78 is 0. The zero-order valence-electron chi connectivity index (χ0n) is 4.15. The Morgan fingerprint density at radius 2 is 2.62 bits per heavy atom. The predicted molar refractivity (Wildman–Crippen MR) is 34.1 cm³/mol. The van der Waals surface area contributed by atoms with Gasteiger partial charge in [-0.05, 0) is 0 Å². The van der Waals surface area contributed by atoms with Crippen LogP contribution in [0.4, 0.5) is 0 Å². The molecule has 0 fully saturated rings. The minimum Gasteiger partial charge on any atom is -0.287 e. The van der Waals surface area contributed by atoms with E-state index in [1.54, 1.807) is 6.20 Å². The molecule has 1 rings (SSSR count). The molecule has 1 N–H and O–H groups in total. The van der Waals surface area contributed by atoms with Crippen molar-refractivity contribution in [2.24, 2.45) is 4.99 Å². The lowest BCUT2D eigenvalue weighted by Crippen LogP contribution is -2.20. The van der Waals surface area contributed by atoms with Crippen LogP contribution in [0.1, 0.15) is 0 Å². The summed E-state index contributed by atoms with van der Waals surface area (Å²) >= 11 is 3.97. The largest absolute Gasteiger partial charge is 0.287 e. The minimum absolute atomic E-state index is 0.437. The van der Waals surface area contributed by atoms with E-state index in [1.807, 2.05) is 0 Å². The molecule has 3 nitrogen and oxygen atoms in total. The summed E-state index contributed by atoms with van der Waals surface area (Å²) in [5, 5.41) is 9.65. The topological polar surface area (TPSA) is 35.8 Å². The van der Waals surface area contributed by atoms with Gasteiger partial charge < -0.3 is 0 Å². The highest BCUT2D eigenvalue weighted by atomic mass is 32.1. The highest BCUT2D eigenvalue weighted by Crippen LogP contribution is 2.04. The highest BCUT2D eigenvalue weighted by molar-refractivity contribution is 7.84. The normalized spacial score (nSPS) is 18.8. The molecule has 1 heterocycles. The van der Waals surface area contributed by atoms with Crippen LogP contribution in [0.3, 0.4) is 0 Å². The van der Waals surface area contributed by atoms with Gasteiger partial charge in [0, 0.05) is 11.1 Å². The Labute approximate surface area is 52.7 Å². The third kappa shape index (κ3) is 1.24. The summed E-state index contributed by atoms with van der Waals surface area (Å²) in [4.78, 5) is 4.41. The van der Waals surface area contributed by atoms with Crippen molar-refractivity contribution in [3.05, 3.63) is 11.1 Å². The number of nitrogens with zero attached hydrogens (tertiary/aromatic N) is 2. The van der Waals surface area contributed by atoms with Crippen LogP contribution in [-0.4, -0.2) is 23.2 Å². The van der Waals surface area contributed by atoms with Crippen molar-refractivity contribution in [3.63, 3.8) is 0 Å². The molecule has 0 radical (unpaired) electrons. The summed E-state index contributed by atoms with van der Waals surface area (Å²) in [6.07, 6.45) is 2.93. The predicted octanol–water partition coefficient (Wildman–Crippen LogP) is 0.491. The molecular formula is C4H6N2OS. The van der Waals surface area contributed by atoms with Gasteiger partial charge in [-0.1, -0.05) is 0 Å². The van der Waals surface area contributed by atoms with Crippen molar-refractivity contribution >= 4 is 19.0 Å². The highest BCUT2D eigenvalue weighted by Gasteiger charge is 1.99. The third-order valence-corrected chi connectivity index (χ3v) is 1.00. The van der Waals surface area contributed by atoms with Gasteiger partial charge in [0.1, 0.15) is 6.34 Å². The van der Waals surface area contributed by atoms with Crippen molar-refractivity contribution in [2.75, 3.05) is 6.54 Å². The summed E-state index contributed by atoms with van der Waals surface area (Å²) in [5.41, 5.74) is 0. The van der Waals surface area contributed by atoms with Gasteiger partial charge in [-0.3, -0.25) is 5.21 Å². The molecule has 1 aliphatic heterocycles. The second-order valence-corrected chi connectivity index (χ2v) is 2.06. The monoisotopic (exact) mass is 130 g/mol. The van der Waals surface area contributed by atoms with E-state index in [-0.39, 0.29) is 0 Å². The fourth-order valence-corrected chi connectivity index (χ4v) is 0.656. The molecule has 0 saturated carbocycles. The van der Waals surface area contributed by atoms with Gasteiger partial charge in [-0.25, -0.2) is 10.1 Å². The van der Waals surface area contributed by atoms with E-state index in [1.165, 1.54) is 6.34 Å². The zero-order chi connectivity index (χ0) is 5.98. The Kier molecular flexibility index (Phi) is 1.55. The van der Waals surface area contributed by atoms with Crippen molar-refractivity contribution in [3.8, 4) is 0 Å². The summed E-state index contributed by atoms with van der Waals surface area (Å²) in [6, 6.07) is 0. The van der Waals surface area contributed by atoms with E-state index < -0.39 is 0 Å².